The van der Waals surface area contributed by atoms with Crippen molar-refractivity contribution in [2.24, 2.45) is 0 Å². The number of anilines is 3. The van der Waals surface area contributed by atoms with Crippen LogP contribution in [0.15, 0.2) is 30.6 Å². The zero-order valence-corrected chi connectivity index (χ0v) is 13.5. The molecular weight excluding hydrogens is 260 g/mol. The number of nitrogens with one attached hydrogen (secondary N) is 1. The summed E-state index contributed by atoms with van der Waals surface area (Å²) in [6.07, 6.45) is 1.63. The summed E-state index contributed by atoms with van der Waals surface area (Å²) in [4.78, 5) is 11.1. The summed E-state index contributed by atoms with van der Waals surface area (Å²) in [5.41, 5.74) is 3.56. The van der Waals surface area contributed by atoms with Gasteiger partial charge in [-0.15, -0.1) is 0 Å². The highest BCUT2D eigenvalue weighted by molar-refractivity contribution is 5.69. The Morgan fingerprint density at radius 3 is 2.52 bits per heavy atom. The predicted octanol–water partition coefficient (Wildman–Crippen LogP) is 4.11. The van der Waals surface area contributed by atoms with Crippen LogP contribution in [-0.2, 0) is 0 Å². The Balaban J connectivity index is 2.53. The molecule has 0 amide bonds. The van der Waals surface area contributed by atoms with Crippen LogP contribution >= 0.6 is 0 Å². The monoisotopic (exact) mass is 284 g/mol. The van der Waals surface area contributed by atoms with Crippen molar-refractivity contribution in [3.63, 3.8) is 0 Å². The molecule has 1 N–H and O–H groups in total. The molecule has 0 atom stereocenters. The van der Waals surface area contributed by atoms with E-state index >= 15 is 0 Å². The van der Waals surface area contributed by atoms with Crippen molar-refractivity contribution < 1.29 is 0 Å². The van der Waals surface area contributed by atoms with E-state index < -0.39 is 0 Å². The van der Waals surface area contributed by atoms with E-state index in [1.165, 1.54) is 11.3 Å². The van der Waals surface area contributed by atoms with Gasteiger partial charge >= 0.3 is 0 Å². The third-order valence-corrected chi connectivity index (χ3v) is 3.58. The van der Waals surface area contributed by atoms with Crippen LogP contribution in [0.1, 0.15) is 37.8 Å². The second-order valence-corrected chi connectivity index (χ2v) is 5.49. The summed E-state index contributed by atoms with van der Waals surface area (Å²) in [6.45, 7) is 9.40. The number of rotatable bonds is 5. The number of aromatic nitrogens is 2. The van der Waals surface area contributed by atoms with E-state index in [4.69, 9.17) is 0 Å². The first-order valence-corrected chi connectivity index (χ1v) is 7.44. The summed E-state index contributed by atoms with van der Waals surface area (Å²) in [7, 11) is 2.06. The molecule has 21 heavy (non-hydrogen) atoms. The summed E-state index contributed by atoms with van der Waals surface area (Å²) in [6, 6.07) is 8.35. The maximum Gasteiger partial charge on any atom is 0.141 e. The minimum atomic E-state index is 0.349. The number of nitrogens with zero attached hydrogens (tertiary/aromatic N) is 3. The molecular formula is C17H24N4. The van der Waals surface area contributed by atoms with Gasteiger partial charge in [0.1, 0.15) is 18.0 Å². The number of hydrogen-bond acceptors (Lipinski definition) is 4. The van der Waals surface area contributed by atoms with Crippen LogP contribution in [0.3, 0.4) is 0 Å². The molecule has 1 aromatic carbocycles. The van der Waals surface area contributed by atoms with Gasteiger partial charge in [-0.25, -0.2) is 9.97 Å². The van der Waals surface area contributed by atoms with Crippen molar-refractivity contribution in [2.45, 2.75) is 33.6 Å². The van der Waals surface area contributed by atoms with Crippen LogP contribution < -0.4 is 10.2 Å². The Bertz CT molecular complexity index is 607. The van der Waals surface area contributed by atoms with E-state index in [9.17, 15) is 0 Å². The average molecular weight is 284 g/mol. The third-order valence-electron chi connectivity index (χ3n) is 3.58. The van der Waals surface area contributed by atoms with Crippen LogP contribution in [-0.4, -0.2) is 23.6 Å². The normalized spacial score (nSPS) is 10.8. The van der Waals surface area contributed by atoms with Gasteiger partial charge in [0.25, 0.3) is 0 Å². The van der Waals surface area contributed by atoms with Gasteiger partial charge < -0.3 is 10.2 Å². The van der Waals surface area contributed by atoms with Crippen molar-refractivity contribution in [1.29, 1.82) is 0 Å². The highest BCUT2D eigenvalue weighted by atomic mass is 15.2. The van der Waals surface area contributed by atoms with Crippen LogP contribution in [0.25, 0.3) is 0 Å². The second-order valence-electron chi connectivity index (χ2n) is 5.49. The Hall–Kier alpha value is -2.10. The molecule has 0 unspecified atom stereocenters. The Morgan fingerprint density at radius 2 is 1.90 bits per heavy atom. The number of para-hydroxylation sites is 1. The summed E-state index contributed by atoms with van der Waals surface area (Å²) < 4.78 is 0. The molecule has 0 aliphatic rings. The van der Waals surface area contributed by atoms with E-state index in [1.807, 2.05) is 0 Å². The Morgan fingerprint density at radius 1 is 1.19 bits per heavy atom. The van der Waals surface area contributed by atoms with Crippen molar-refractivity contribution in [3.8, 4) is 0 Å². The molecule has 0 aliphatic heterocycles. The molecule has 0 spiro atoms. The lowest BCUT2D eigenvalue weighted by molar-refractivity contribution is 0.838. The Labute approximate surface area is 127 Å². The molecule has 0 saturated heterocycles. The predicted molar refractivity (Wildman–Crippen MR) is 89.5 cm³/mol. The molecule has 1 aromatic heterocycles. The van der Waals surface area contributed by atoms with E-state index in [-0.39, 0.29) is 0 Å². The topological polar surface area (TPSA) is 41.1 Å². The molecule has 0 fully saturated rings. The Kier molecular flexibility index (Phi) is 4.78. The molecule has 2 rings (SSSR count). The second kappa shape index (κ2) is 6.57. The molecule has 4 nitrogen and oxygen atoms in total. The maximum absolute atomic E-state index is 4.54. The fourth-order valence-electron chi connectivity index (χ4n) is 2.55. The zero-order valence-electron chi connectivity index (χ0n) is 13.5. The lowest BCUT2D eigenvalue weighted by Gasteiger charge is -2.25. The van der Waals surface area contributed by atoms with Gasteiger partial charge in [0, 0.05) is 24.8 Å². The summed E-state index contributed by atoms with van der Waals surface area (Å²) in [5.74, 6) is 2.24. The first-order valence-electron chi connectivity index (χ1n) is 7.44. The van der Waals surface area contributed by atoms with Crippen molar-refractivity contribution in [3.05, 3.63) is 41.7 Å². The molecule has 0 bridgehead atoms. The first-order chi connectivity index (χ1) is 10.1. The van der Waals surface area contributed by atoms with Crippen LogP contribution in [0, 0.1) is 6.92 Å². The minimum absolute atomic E-state index is 0.349. The van der Waals surface area contributed by atoms with Gasteiger partial charge in [-0.2, -0.15) is 0 Å². The van der Waals surface area contributed by atoms with Gasteiger partial charge in [0.05, 0.1) is 0 Å². The maximum atomic E-state index is 4.54. The van der Waals surface area contributed by atoms with E-state index in [1.54, 1.807) is 6.33 Å². The molecule has 4 heteroatoms. The highest BCUT2D eigenvalue weighted by Gasteiger charge is 2.19. The molecule has 1 heterocycles. The smallest absolute Gasteiger partial charge is 0.141 e. The van der Waals surface area contributed by atoms with Crippen LogP contribution in [0.4, 0.5) is 17.3 Å². The largest absolute Gasteiger partial charge is 0.370 e. The number of hydrogen-bond donors (Lipinski definition) is 1. The molecule has 0 aliphatic carbocycles. The van der Waals surface area contributed by atoms with Gasteiger partial charge in [-0.1, -0.05) is 32.0 Å². The van der Waals surface area contributed by atoms with Crippen molar-refractivity contribution >= 4 is 17.3 Å². The summed E-state index contributed by atoms with van der Waals surface area (Å²) in [5, 5.41) is 3.34. The van der Waals surface area contributed by atoms with Gasteiger partial charge in [-0.05, 0) is 31.4 Å². The minimum Gasteiger partial charge on any atom is -0.370 e. The summed E-state index contributed by atoms with van der Waals surface area (Å²) >= 11 is 0. The fraction of sp³-hybridized carbons (Fsp3) is 0.412. The lowest BCUT2D eigenvalue weighted by Crippen LogP contribution is -2.17. The van der Waals surface area contributed by atoms with Gasteiger partial charge in [0.15, 0.2) is 0 Å². The van der Waals surface area contributed by atoms with E-state index in [0.717, 1.165) is 23.7 Å². The number of aryl methyl sites for hydroxylation is 1. The highest BCUT2D eigenvalue weighted by Crippen LogP contribution is 2.34. The van der Waals surface area contributed by atoms with Crippen LogP contribution in [0.5, 0.6) is 0 Å². The van der Waals surface area contributed by atoms with Gasteiger partial charge in [-0.3, -0.25) is 0 Å². The molecule has 0 saturated carbocycles. The average Bonchev–Trinajstić information content (AvgIpc) is 2.47. The molecule has 112 valence electrons. The fourth-order valence-corrected chi connectivity index (χ4v) is 2.55. The third kappa shape index (κ3) is 3.15. The van der Waals surface area contributed by atoms with Crippen molar-refractivity contribution in [2.75, 3.05) is 23.8 Å². The van der Waals surface area contributed by atoms with E-state index in [0.29, 0.717) is 5.92 Å². The first kappa shape index (κ1) is 15.3. The lowest BCUT2D eigenvalue weighted by atomic mass is 10.0. The zero-order chi connectivity index (χ0) is 15.4. The van der Waals surface area contributed by atoms with Gasteiger partial charge in [0.2, 0.25) is 0 Å². The van der Waals surface area contributed by atoms with E-state index in [2.05, 4.69) is 79.2 Å². The number of benzene rings is 1. The molecule has 0 radical (unpaired) electrons. The molecule has 2 aromatic rings. The van der Waals surface area contributed by atoms with Crippen LogP contribution in [0.2, 0.25) is 0 Å². The SMILES string of the molecule is CCNc1ncnc(N(C)c2ccccc2C)c1C(C)C. The van der Waals surface area contributed by atoms with Crippen molar-refractivity contribution in [1.82, 2.24) is 9.97 Å². The quantitative estimate of drug-likeness (QED) is 0.897. The standard InChI is InChI=1S/C17H24N4/c1-6-18-16-15(12(2)3)17(20-11-19-16)21(5)14-10-8-7-9-13(14)4/h7-12H,6H2,1-5H3,(H,18,19,20).